The first-order valence-electron chi connectivity index (χ1n) is 9.30. The van der Waals surface area contributed by atoms with E-state index in [0.717, 1.165) is 50.3 Å². The maximum absolute atomic E-state index is 12.7. The molecule has 134 valence electrons. The molecule has 6 nitrogen and oxygen atoms in total. The summed E-state index contributed by atoms with van der Waals surface area (Å²) in [5.74, 6) is -0.0986. The zero-order chi connectivity index (χ0) is 17.3. The van der Waals surface area contributed by atoms with Crippen LogP contribution in [0.2, 0.25) is 0 Å². The molecule has 1 aromatic heterocycles. The monoisotopic (exact) mass is 334 g/mol. The van der Waals surface area contributed by atoms with Gasteiger partial charge in [-0.3, -0.25) is 14.4 Å². The van der Waals surface area contributed by atoms with E-state index in [1.54, 1.807) is 0 Å². The zero-order valence-electron chi connectivity index (χ0n) is 15.1. The van der Waals surface area contributed by atoms with Crippen LogP contribution in [-0.2, 0) is 6.54 Å². The lowest BCUT2D eigenvalue weighted by Gasteiger charge is -2.28. The highest BCUT2D eigenvalue weighted by Gasteiger charge is 2.40. The van der Waals surface area contributed by atoms with E-state index >= 15 is 0 Å². The van der Waals surface area contributed by atoms with Gasteiger partial charge in [-0.25, -0.2) is 0 Å². The molecule has 6 heteroatoms. The number of aryl methyl sites for hydroxylation is 2. The van der Waals surface area contributed by atoms with E-state index in [0.29, 0.717) is 5.56 Å². The molecule has 1 aliphatic carbocycles. The molecule has 1 amide bonds. The molecule has 1 aliphatic heterocycles. The molecule has 3 rings (SSSR count). The molecule has 0 spiro atoms. The van der Waals surface area contributed by atoms with Crippen molar-refractivity contribution in [2.45, 2.75) is 77.6 Å². The van der Waals surface area contributed by atoms with E-state index < -0.39 is 6.10 Å². The maximum atomic E-state index is 12.7. The van der Waals surface area contributed by atoms with Crippen molar-refractivity contribution in [1.82, 2.24) is 20.0 Å². The SMILES string of the molecule is CCCn1nc(C)c(C(=O)N[C@@H]2CC[C@@H](N3CCCC3)[C@@H]2O)c1C. The number of nitrogens with one attached hydrogen (secondary N) is 1. The van der Waals surface area contributed by atoms with Crippen LogP contribution < -0.4 is 5.32 Å². The Hall–Kier alpha value is -1.40. The molecule has 0 bridgehead atoms. The number of hydrogen-bond donors (Lipinski definition) is 2. The number of rotatable bonds is 5. The van der Waals surface area contributed by atoms with Gasteiger partial charge in [-0.05, 0) is 59.0 Å². The largest absolute Gasteiger partial charge is 0.389 e. The van der Waals surface area contributed by atoms with Crippen molar-refractivity contribution < 1.29 is 9.90 Å². The van der Waals surface area contributed by atoms with Gasteiger partial charge in [0.2, 0.25) is 0 Å². The van der Waals surface area contributed by atoms with Crippen molar-refractivity contribution in [3.63, 3.8) is 0 Å². The molecule has 2 fully saturated rings. The quantitative estimate of drug-likeness (QED) is 0.859. The van der Waals surface area contributed by atoms with Crippen LogP contribution >= 0.6 is 0 Å². The van der Waals surface area contributed by atoms with Crippen molar-refractivity contribution in [3.05, 3.63) is 17.0 Å². The average molecular weight is 334 g/mol. The number of carbonyl (C=O) groups is 1. The van der Waals surface area contributed by atoms with Crippen LogP contribution in [0, 0.1) is 13.8 Å². The van der Waals surface area contributed by atoms with Gasteiger partial charge >= 0.3 is 0 Å². The first-order chi connectivity index (χ1) is 11.5. The van der Waals surface area contributed by atoms with Crippen LogP contribution in [0.5, 0.6) is 0 Å². The summed E-state index contributed by atoms with van der Waals surface area (Å²) in [7, 11) is 0. The minimum Gasteiger partial charge on any atom is -0.389 e. The molecule has 1 saturated carbocycles. The Labute approximate surface area is 144 Å². The van der Waals surface area contributed by atoms with Gasteiger partial charge < -0.3 is 10.4 Å². The normalized spacial score (nSPS) is 27.8. The minimum atomic E-state index is -0.474. The second-order valence-corrected chi connectivity index (χ2v) is 7.23. The predicted molar refractivity (Wildman–Crippen MR) is 93.1 cm³/mol. The first-order valence-corrected chi connectivity index (χ1v) is 9.30. The second-order valence-electron chi connectivity index (χ2n) is 7.23. The Morgan fingerprint density at radius 3 is 2.67 bits per heavy atom. The molecule has 0 unspecified atom stereocenters. The van der Waals surface area contributed by atoms with Gasteiger partial charge in [0.05, 0.1) is 23.4 Å². The fourth-order valence-electron chi connectivity index (χ4n) is 4.28. The van der Waals surface area contributed by atoms with Crippen LogP contribution in [-0.4, -0.2) is 57.0 Å². The number of aromatic nitrogens is 2. The van der Waals surface area contributed by atoms with Gasteiger partial charge in [-0.15, -0.1) is 0 Å². The van der Waals surface area contributed by atoms with Crippen LogP contribution in [0.4, 0.5) is 0 Å². The third-order valence-electron chi connectivity index (χ3n) is 5.55. The van der Waals surface area contributed by atoms with Gasteiger partial charge in [0, 0.05) is 18.3 Å². The van der Waals surface area contributed by atoms with E-state index in [1.807, 2.05) is 18.5 Å². The van der Waals surface area contributed by atoms with Gasteiger partial charge in [0.15, 0.2) is 0 Å². The van der Waals surface area contributed by atoms with Crippen molar-refractivity contribution in [2.24, 2.45) is 0 Å². The summed E-state index contributed by atoms with van der Waals surface area (Å²) in [5.41, 5.74) is 2.35. The summed E-state index contributed by atoms with van der Waals surface area (Å²) in [5, 5.41) is 18.2. The summed E-state index contributed by atoms with van der Waals surface area (Å²) in [6.45, 7) is 8.90. The topological polar surface area (TPSA) is 70.4 Å². The smallest absolute Gasteiger partial charge is 0.255 e. The van der Waals surface area contributed by atoms with Crippen LogP contribution in [0.1, 0.15) is 60.8 Å². The summed E-state index contributed by atoms with van der Waals surface area (Å²) in [6.07, 6.45) is 4.75. The fourth-order valence-corrected chi connectivity index (χ4v) is 4.28. The summed E-state index contributed by atoms with van der Waals surface area (Å²) in [6, 6.07) is 0.0410. The second kappa shape index (κ2) is 7.23. The van der Waals surface area contributed by atoms with Crippen molar-refractivity contribution >= 4 is 5.91 Å². The third-order valence-corrected chi connectivity index (χ3v) is 5.55. The fraction of sp³-hybridized carbons (Fsp3) is 0.778. The van der Waals surface area contributed by atoms with Gasteiger partial charge in [0.25, 0.3) is 5.91 Å². The summed E-state index contributed by atoms with van der Waals surface area (Å²) in [4.78, 5) is 15.1. The molecular weight excluding hydrogens is 304 g/mol. The highest BCUT2D eigenvalue weighted by atomic mass is 16.3. The van der Waals surface area contributed by atoms with E-state index in [1.165, 1.54) is 12.8 Å². The Morgan fingerprint density at radius 1 is 1.29 bits per heavy atom. The lowest BCUT2D eigenvalue weighted by Crippen LogP contribution is -2.47. The minimum absolute atomic E-state index is 0.0986. The number of amides is 1. The number of aliphatic hydroxyl groups is 1. The molecular formula is C18H30N4O2. The number of nitrogens with zero attached hydrogens (tertiary/aromatic N) is 3. The van der Waals surface area contributed by atoms with Gasteiger partial charge in [0.1, 0.15) is 0 Å². The summed E-state index contributed by atoms with van der Waals surface area (Å²) >= 11 is 0. The molecule has 24 heavy (non-hydrogen) atoms. The van der Waals surface area contributed by atoms with E-state index in [-0.39, 0.29) is 18.0 Å². The molecule has 0 radical (unpaired) electrons. The number of hydrogen-bond acceptors (Lipinski definition) is 4. The number of aliphatic hydroxyl groups excluding tert-OH is 1. The standard InChI is InChI=1S/C18H30N4O2/c1-4-9-22-13(3)16(12(2)20-22)18(24)19-14-7-8-15(17(14)23)21-10-5-6-11-21/h14-15,17,23H,4-11H2,1-3H3,(H,19,24)/t14-,15-,17-/m1/s1. The lowest BCUT2D eigenvalue weighted by molar-refractivity contribution is 0.0619. The van der Waals surface area contributed by atoms with Crippen LogP contribution in [0.3, 0.4) is 0 Å². The Balaban J connectivity index is 1.67. The Kier molecular flexibility index (Phi) is 5.25. The highest BCUT2D eigenvalue weighted by Crippen LogP contribution is 2.28. The zero-order valence-corrected chi connectivity index (χ0v) is 15.1. The third kappa shape index (κ3) is 3.22. The van der Waals surface area contributed by atoms with E-state index in [9.17, 15) is 9.90 Å². The van der Waals surface area contributed by atoms with Crippen molar-refractivity contribution in [1.29, 1.82) is 0 Å². The lowest BCUT2D eigenvalue weighted by atomic mass is 10.1. The average Bonchev–Trinajstić information content (AvgIpc) is 3.23. The number of carbonyl (C=O) groups excluding carboxylic acids is 1. The maximum Gasteiger partial charge on any atom is 0.255 e. The highest BCUT2D eigenvalue weighted by molar-refractivity contribution is 5.96. The number of likely N-dealkylation sites (tertiary alicyclic amines) is 1. The van der Waals surface area contributed by atoms with E-state index in [2.05, 4.69) is 22.2 Å². The predicted octanol–water partition coefficient (Wildman–Crippen LogP) is 1.63. The van der Waals surface area contributed by atoms with Crippen molar-refractivity contribution in [2.75, 3.05) is 13.1 Å². The molecule has 0 aromatic carbocycles. The van der Waals surface area contributed by atoms with Gasteiger partial charge in [-0.1, -0.05) is 6.92 Å². The molecule has 2 aliphatic rings. The molecule has 2 N–H and O–H groups in total. The molecule has 1 aromatic rings. The summed E-state index contributed by atoms with van der Waals surface area (Å²) < 4.78 is 1.91. The van der Waals surface area contributed by atoms with Crippen LogP contribution in [0.25, 0.3) is 0 Å². The van der Waals surface area contributed by atoms with Crippen LogP contribution in [0.15, 0.2) is 0 Å². The first kappa shape index (κ1) is 17.4. The van der Waals surface area contributed by atoms with Crippen molar-refractivity contribution in [3.8, 4) is 0 Å². The molecule has 2 heterocycles. The van der Waals surface area contributed by atoms with Gasteiger partial charge in [-0.2, -0.15) is 5.10 Å². The molecule has 1 saturated heterocycles. The Bertz CT molecular complexity index is 592. The Morgan fingerprint density at radius 2 is 2.00 bits per heavy atom. The van der Waals surface area contributed by atoms with E-state index in [4.69, 9.17) is 0 Å². The molecule has 3 atom stereocenters.